The van der Waals surface area contributed by atoms with E-state index in [1.807, 2.05) is 19.9 Å². The predicted molar refractivity (Wildman–Crippen MR) is 71.9 cm³/mol. The number of hydrogen-bond donors (Lipinski definition) is 1. The molecule has 6 heteroatoms. The van der Waals surface area contributed by atoms with Crippen molar-refractivity contribution in [1.29, 1.82) is 0 Å². The summed E-state index contributed by atoms with van der Waals surface area (Å²) in [6.07, 6.45) is 1.11. The molecule has 0 unspecified atom stereocenters. The smallest absolute Gasteiger partial charge is 0.223 e. The van der Waals surface area contributed by atoms with Crippen LogP contribution in [0.5, 0.6) is 0 Å². The van der Waals surface area contributed by atoms with Crippen LogP contribution < -0.4 is 17.7 Å². The van der Waals surface area contributed by atoms with Gasteiger partial charge in [-0.1, -0.05) is 0 Å². The van der Waals surface area contributed by atoms with Gasteiger partial charge in [0.15, 0.2) is 0 Å². The number of rotatable bonds is 5. The first-order valence-corrected chi connectivity index (χ1v) is 6.60. The summed E-state index contributed by atoms with van der Waals surface area (Å²) in [6.45, 7) is 9.87. The number of hydrogen-bond acceptors (Lipinski definition) is 5. The summed E-state index contributed by atoms with van der Waals surface area (Å²) in [6, 6.07) is 1.99. The van der Waals surface area contributed by atoms with Gasteiger partial charge in [0.05, 0.1) is 13.2 Å². The lowest BCUT2D eigenvalue weighted by molar-refractivity contribution is -0.00000567. The highest BCUT2D eigenvalue weighted by Crippen LogP contribution is 2.04. The van der Waals surface area contributed by atoms with E-state index in [0.717, 1.165) is 63.1 Å². The standard InChI is InChI=1S/C13H22N4O.ClH/c1-11-10-12(2)16-13(15-11)14-4-3-5-17-6-8-18-9-7-17;/h10H,3-9H2,1-2H3,(H,14,15,16);1H/p-1. The van der Waals surface area contributed by atoms with Crippen LogP contribution in [-0.4, -0.2) is 54.3 Å². The average molecular weight is 286 g/mol. The zero-order chi connectivity index (χ0) is 12.8. The lowest BCUT2D eigenvalue weighted by Crippen LogP contribution is -3.00. The molecule has 1 N–H and O–H groups in total. The fourth-order valence-electron chi connectivity index (χ4n) is 2.13. The molecular formula is C13H22ClN4O-. The quantitative estimate of drug-likeness (QED) is 0.649. The Kier molecular flexibility index (Phi) is 7.05. The maximum atomic E-state index is 5.32. The molecule has 19 heavy (non-hydrogen) atoms. The summed E-state index contributed by atoms with van der Waals surface area (Å²) in [7, 11) is 0. The van der Waals surface area contributed by atoms with Gasteiger partial charge in [-0.05, 0) is 32.9 Å². The molecule has 2 heterocycles. The van der Waals surface area contributed by atoms with Gasteiger partial charge in [0.2, 0.25) is 5.95 Å². The summed E-state index contributed by atoms with van der Waals surface area (Å²) >= 11 is 0. The van der Waals surface area contributed by atoms with Crippen molar-refractivity contribution >= 4 is 5.95 Å². The van der Waals surface area contributed by atoms with Gasteiger partial charge < -0.3 is 22.5 Å². The highest BCUT2D eigenvalue weighted by atomic mass is 35.5. The van der Waals surface area contributed by atoms with Crippen LogP contribution in [0.25, 0.3) is 0 Å². The third-order valence-electron chi connectivity index (χ3n) is 3.02. The van der Waals surface area contributed by atoms with Crippen LogP contribution in [0.15, 0.2) is 6.07 Å². The van der Waals surface area contributed by atoms with Crippen molar-refractivity contribution in [1.82, 2.24) is 14.9 Å². The molecule has 0 spiro atoms. The Morgan fingerprint density at radius 3 is 2.47 bits per heavy atom. The van der Waals surface area contributed by atoms with E-state index in [1.54, 1.807) is 0 Å². The van der Waals surface area contributed by atoms with Gasteiger partial charge in [-0.25, -0.2) is 9.97 Å². The van der Waals surface area contributed by atoms with Crippen molar-refractivity contribution in [3.63, 3.8) is 0 Å². The first-order chi connectivity index (χ1) is 8.74. The minimum atomic E-state index is 0. The van der Waals surface area contributed by atoms with Crippen molar-refractivity contribution in [3.05, 3.63) is 17.5 Å². The maximum absolute atomic E-state index is 5.32. The summed E-state index contributed by atoms with van der Waals surface area (Å²) < 4.78 is 5.32. The van der Waals surface area contributed by atoms with E-state index < -0.39 is 0 Å². The Hall–Kier alpha value is -0.910. The normalized spacial score (nSPS) is 15.9. The first-order valence-electron chi connectivity index (χ1n) is 6.60. The average Bonchev–Trinajstić information content (AvgIpc) is 2.35. The van der Waals surface area contributed by atoms with Crippen molar-refractivity contribution in [2.75, 3.05) is 44.7 Å². The molecule has 1 fully saturated rings. The van der Waals surface area contributed by atoms with Gasteiger partial charge >= 0.3 is 0 Å². The Balaban J connectivity index is 0.00000180. The second kappa shape index (κ2) is 8.30. The molecule has 0 amide bonds. The van der Waals surface area contributed by atoms with Crippen LogP contribution in [0.3, 0.4) is 0 Å². The molecule has 2 rings (SSSR count). The van der Waals surface area contributed by atoms with Crippen LogP contribution >= 0.6 is 0 Å². The Morgan fingerprint density at radius 2 is 1.84 bits per heavy atom. The monoisotopic (exact) mass is 285 g/mol. The highest BCUT2D eigenvalue weighted by Gasteiger charge is 2.09. The number of anilines is 1. The van der Waals surface area contributed by atoms with E-state index in [0.29, 0.717) is 0 Å². The van der Waals surface area contributed by atoms with Crippen molar-refractivity contribution in [2.24, 2.45) is 0 Å². The molecule has 0 atom stereocenters. The summed E-state index contributed by atoms with van der Waals surface area (Å²) in [5.41, 5.74) is 2.02. The number of morpholine rings is 1. The van der Waals surface area contributed by atoms with Crippen LogP contribution in [-0.2, 0) is 4.74 Å². The molecule has 1 aliphatic heterocycles. The van der Waals surface area contributed by atoms with E-state index >= 15 is 0 Å². The van der Waals surface area contributed by atoms with E-state index in [1.165, 1.54) is 0 Å². The second-order valence-corrected chi connectivity index (χ2v) is 4.71. The minimum absolute atomic E-state index is 0. The highest BCUT2D eigenvalue weighted by molar-refractivity contribution is 5.27. The molecular weight excluding hydrogens is 264 g/mol. The number of nitrogens with zero attached hydrogens (tertiary/aromatic N) is 3. The molecule has 5 nitrogen and oxygen atoms in total. The minimum Gasteiger partial charge on any atom is -1.00 e. The van der Waals surface area contributed by atoms with Crippen molar-refractivity contribution in [2.45, 2.75) is 20.3 Å². The molecule has 0 bridgehead atoms. The first kappa shape index (κ1) is 16.1. The van der Waals surface area contributed by atoms with Gasteiger partial charge in [-0.15, -0.1) is 0 Å². The second-order valence-electron chi connectivity index (χ2n) is 4.71. The van der Waals surface area contributed by atoms with Gasteiger partial charge in [0.1, 0.15) is 0 Å². The number of ether oxygens (including phenoxy) is 1. The summed E-state index contributed by atoms with van der Waals surface area (Å²) in [4.78, 5) is 11.2. The topological polar surface area (TPSA) is 50.3 Å². The van der Waals surface area contributed by atoms with Crippen LogP contribution in [0.1, 0.15) is 17.8 Å². The van der Waals surface area contributed by atoms with Crippen molar-refractivity contribution < 1.29 is 17.1 Å². The SMILES string of the molecule is Cc1cc(C)nc(NCCCN2CCOCC2)n1.[Cl-]. The van der Waals surface area contributed by atoms with E-state index in [-0.39, 0.29) is 12.4 Å². The Morgan fingerprint density at radius 1 is 1.21 bits per heavy atom. The third kappa shape index (κ3) is 5.72. The van der Waals surface area contributed by atoms with E-state index in [2.05, 4.69) is 20.2 Å². The fourth-order valence-corrected chi connectivity index (χ4v) is 2.13. The van der Waals surface area contributed by atoms with Gasteiger partial charge in [0.25, 0.3) is 0 Å². The molecule has 1 aromatic rings. The van der Waals surface area contributed by atoms with Gasteiger partial charge in [0, 0.05) is 31.0 Å². The summed E-state index contributed by atoms with van der Waals surface area (Å²) in [5, 5.41) is 3.29. The molecule has 1 aliphatic rings. The number of nitrogens with one attached hydrogen (secondary N) is 1. The van der Waals surface area contributed by atoms with E-state index in [9.17, 15) is 0 Å². The van der Waals surface area contributed by atoms with Crippen LogP contribution in [0.4, 0.5) is 5.95 Å². The predicted octanol–water partition coefficient (Wildman–Crippen LogP) is -1.77. The lowest BCUT2D eigenvalue weighted by atomic mass is 10.3. The number of halogens is 1. The molecule has 1 aromatic heterocycles. The largest absolute Gasteiger partial charge is 1.00 e. The lowest BCUT2D eigenvalue weighted by Gasteiger charge is -2.26. The molecule has 1 saturated heterocycles. The van der Waals surface area contributed by atoms with Crippen LogP contribution in [0.2, 0.25) is 0 Å². The number of aryl methyl sites for hydroxylation is 2. The molecule has 0 saturated carbocycles. The maximum Gasteiger partial charge on any atom is 0.223 e. The van der Waals surface area contributed by atoms with Crippen LogP contribution in [0, 0.1) is 13.8 Å². The zero-order valence-corrected chi connectivity index (χ0v) is 12.4. The Labute approximate surface area is 121 Å². The number of aromatic nitrogens is 2. The summed E-state index contributed by atoms with van der Waals surface area (Å²) in [5.74, 6) is 0.745. The Bertz CT molecular complexity index is 363. The van der Waals surface area contributed by atoms with Crippen molar-refractivity contribution in [3.8, 4) is 0 Å². The molecule has 108 valence electrons. The van der Waals surface area contributed by atoms with Gasteiger partial charge in [-0.2, -0.15) is 0 Å². The fraction of sp³-hybridized carbons (Fsp3) is 0.692. The molecule has 0 radical (unpaired) electrons. The van der Waals surface area contributed by atoms with E-state index in [4.69, 9.17) is 4.74 Å². The molecule has 0 aliphatic carbocycles. The molecule has 0 aromatic carbocycles. The zero-order valence-electron chi connectivity index (χ0n) is 11.7. The third-order valence-corrected chi connectivity index (χ3v) is 3.02. The van der Waals surface area contributed by atoms with Gasteiger partial charge in [-0.3, -0.25) is 4.90 Å².